The van der Waals surface area contributed by atoms with Crippen LogP contribution in [0.25, 0.3) is 0 Å². The molecule has 0 amide bonds. The smallest absolute Gasteiger partial charge is 0.191 e. The molecule has 0 radical (unpaired) electrons. The van der Waals surface area contributed by atoms with Crippen LogP contribution in [-0.4, -0.2) is 63.8 Å². The summed E-state index contributed by atoms with van der Waals surface area (Å²) in [5.74, 6) is 0.651. The maximum Gasteiger partial charge on any atom is 0.191 e. The van der Waals surface area contributed by atoms with Gasteiger partial charge in [-0.3, -0.25) is 9.89 Å². The summed E-state index contributed by atoms with van der Waals surface area (Å²) in [5, 5.41) is 6.76. The zero-order valence-corrected chi connectivity index (χ0v) is 17.1. The van der Waals surface area contributed by atoms with Crippen molar-refractivity contribution < 1.29 is 9.13 Å². The van der Waals surface area contributed by atoms with Crippen LogP contribution in [0, 0.1) is 5.82 Å². The minimum atomic E-state index is -0.160. The standard InChI is InChI=1S/C18H27FN4O.HI/c1-20-17(21-7-8-23-9-11-24-12-10-23)22-14-18(5-6-18)15-3-2-4-16(19)13-15;/h2-4,13H,5-12,14H2,1H3,(H2,20,21,22);1H. The molecule has 0 bridgehead atoms. The van der Waals surface area contributed by atoms with E-state index in [4.69, 9.17) is 4.74 Å². The normalized spacial score (nSPS) is 19.8. The van der Waals surface area contributed by atoms with Crippen LogP contribution in [0.15, 0.2) is 29.3 Å². The average Bonchev–Trinajstić information content (AvgIpc) is 3.40. The molecule has 5 nitrogen and oxygen atoms in total. The number of guanidine groups is 1. The number of halogens is 2. The molecule has 0 unspecified atom stereocenters. The second-order valence-corrected chi connectivity index (χ2v) is 6.60. The van der Waals surface area contributed by atoms with Gasteiger partial charge in [-0.1, -0.05) is 12.1 Å². The van der Waals surface area contributed by atoms with Crippen molar-refractivity contribution in [2.45, 2.75) is 18.3 Å². The Morgan fingerprint density at radius 3 is 2.68 bits per heavy atom. The second-order valence-electron chi connectivity index (χ2n) is 6.60. The van der Waals surface area contributed by atoms with E-state index in [9.17, 15) is 4.39 Å². The van der Waals surface area contributed by atoms with E-state index < -0.39 is 0 Å². The molecule has 1 aromatic carbocycles. The maximum atomic E-state index is 13.5. The topological polar surface area (TPSA) is 48.9 Å². The number of morpholine rings is 1. The summed E-state index contributed by atoms with van der Waals surface area (Å²) in [6.45, 7) is 6.26. The van der Waals surface area contributed by atoms with E-state index in [1.807, 2.05) is 6.07 Å². The molecular formula is C18H28FIN4O. The third kappa shape index (κ3) is 5.79. The zero-order valence-electron chi connectivity index (χ0n) is 14.8. The number of benzene rings is 1. The van der Waals surface area contributed by atoms with Gasteiger partial charge in [0.25, 0.3) is 0 Å². The molecule has 0 aromatic heterocycles. The minimum Gasteiger partial charge on any atom is -0.379 e. The Bertz CT molecular complexity index is 574. The fourth-order valence-electron chi connectivity index (χ4n) is 3.17. The maximum absolute atomic E-state index is 13.5. The van der Waals surface area contributed by atoms with Gasteiger partial charge in [0.2, 0.25) is 0 Å². The summed E-state index contributed by atoms with van der Waals surface area (Å²) >= 11 is 0. The number of aliphatic imine (C=N–C) groups is 1. The molecular weight excluding hydrogens is 434 g/mol. The molecule has 3 rings (SSSR count). The van der Waals surface area contributed by atoms with E-state index in [0.29, 0.717) is 0 Å². The first-order valence-corrected chi connectivity index (χ1v) is 8.72. The number of hydrogen-bond acceptors (Lipinski definition) is 3. The van der Waals surface area contributed by atoms with Crippen molar-refractivity contribution in [1.82, 2.24) is 15.5 Å². The van der Waals surface area contributed by atoms with Crippen molar-refractivity contribution in [3.8, 4) is 0 Å². The van der Waals surface area contributed by atoms with Crippen LogP contribution in [0.3, 0.4) is 0 Å². The van der Waals surface area contributed by atoms with Crippen LogP contribution in [0.4, 0.5) is 4.39 Å². The largest absolute Gasteiger partial charge is 0.379 e. The van der Waals surface area contributed by atoms with E-state index in [1.54, 1.807) is 19.2 Å². The Hall–Kier alpha value is -0.930. The molecule has 1 aromatic rings. The van der Waals surface area contributed by atoms with Crippen molar-refractivity contribution in [2.24, 2.45) is 4.99 Å². The van der Waals surface area contributed by atoms with Crippen LogP contribution < -0.4 is 10.6 Å². The van der Waals surface area contributed by atoms with Gasteiger partial charge in [0.1, 0.15) is 5.82 Å². The Kier molecular flexibility index (Phi) is 7.89. The van der Waals surface area contributed by atoms with E-state index in [2.05, 4.69) is 20.5 Å². The first-order valence-electron chi connectivity index (χ1n) is 8.72. The highest BCUT2D eigenvalue weighted by Crippen LogP contribution is 2.47. The predicted octanol–water partition coefficient (Wildman–Crippen LogP) is 1.97. The van der Waals surface area contributed by atoms with Gasteiger partial charge in [-0.25, -0.2) is 4.39 Å². The van der Waals surface area contributed by atoms with Crippen molar-refractivity contribution in [3.63, 3.8) is 0 Å². The fraction of sp³-hybridized carbons (Fsp3) is 0.611. The van der Waals surface area contributed by atoms with E-state index >= 15 is 0 Å². The molecule has 1 aliphatic carbocycles. The highest BCUT2D eigenvalue weighted by atomic mass is 127. The molecule has 7 heteroatoms. The molecule has 1 aliphatic heterocycles. The number of rotatable bonds is 6. The third-order valence-corrected chi connectivity index (χ3v) is 4.93. The van der Waals surface area contributed by atoms with Crippen LogP contribution in [-0.2, 0) is 10.2 Å². The number of ether oxygens (including phenoxy) is 1. The van der Waals surface area contributed by atoms with E-state index in [0.717, 1.165) is 70.3 Å². The first-order chi connectivity index (χ1) is 11.7. The van der Waals surface area contributed by atoms with Crippen LogP contribution in [0.5, 0.6) is 0 Å². The molecule has 1 saturated heterocycles. The van der Waals surface area contributed by atoms with Crippen molar-refractivity contribution in [3.05, 3.63) is 35.6 Å². The Labute approximate surface area is 166 Å². The van der Waals surface area contributed by atoms with Gasteiger partial charge in [0.15, 0.2) is 5.96 Å². The molecule has 2 fully saturated rings. The summed E-state index contributed by atoms with van der Waals surface area (Å²) in [6, 6.07) is 6.97. The molecule has 140 valence electrons. The quantitative estimate of drug-likeness (QED) is 0.386. The SMILES string of the molecule is CN=C(NCCN1CCOCC1)NCC1(c2cccc(F)c2)CC1.I. The van der Waals surface area contributed by atoms with Gasteiger partial charge in [-0.05, 0) is 30.5 Å². The van der Waals surface area contributed by atoms with Gasteiger partial charge in [0.05, 0.1) is 13.2 Å². The average molecular weight is 462 g/mol. The number of hydrogen-bond donors (Lipinski definition) is 2. The Balaban J connectivity index is 0.00000225. The predicted molar refractivity (Wildman–Crippen MR) is 109 cm³/mol. The molecule has 2 aliphatic rings. The van der Waals surface area contributed by atoms with Crippen LogP contribution in [0.2, 0.25) is 0 Å². The fourth-order valence-corrected chi connectivity index (χ4v) is 3.17. The summed E-state index contributed by atoms with van der Waals surface area (Å²) < 4.78 is 18.8. The van der Waals surface area contributed by atoms with Crippen molar-refractivity contribution >= 4 is 29.9 Å². The summed E-state index contributed by atoms with van der Waals surface area (Å²) in [5.41, 5.74) is 1.14. The minimum absolute atomic E-state index is 0. The lowest BCUT2D eigenvalue weighted by Gasteiger charge is -2.27. The molecule has 1 saturated carbocycles. The highest BCUT2D eigenvalue weighted by molar-refractivity contribution is 14.0. The summed E-state index contributed by atoms with van der Waals surface area (Å²) in [4.78, 5) is 6.68. The highest BCUT2D eigenvalue weighted by Gasteiger charge is 2.44. The van der Waals surface area contributed by atoms with Crippen LogP contribution >= 0.6 is 24.0 Å². The molecule has 0 spiro atoms. The first kappa shape index (κ1) is 20.4. The molecule has 2 N–H and O–H groups in total. The summed E-state index contributed by atoms with van der Waals surface area (Å²) in [7, 11) is 1.78. The van der Waals surface area contributed by atoms with Gasteiger partial charge in [0, 0.05) is 45.2 Å². The van der Waals surface area contributed by atoms with Crippen LogP contribution in [0.1, 0.15) is 18.4 Å². The van der Waals surface area contributed by atoms with E-state index in [1.165, 1.54) is 6.07 Å². The number of nitrogens with zero attached hydrogens (tertiary/aromatic N) is 2. The lowest BCUT2D eigenvalue weighted by molar-refractivity contribution is 0.0389. The summed E-state index contributed by atoms with van der Waals surface area (Å²) in [6.07, 6.45) is 2.18. The Morgan fingerprint density at radius 1 is 1.28 bits per heavy atom. The van der Waals surface area contributed by atoms with E-state index in [-0.39, 0.29) is 35.2 Å². The lowest BCUT2D eigenvalue weighted by atomic mass is 9.96. The van der Waals surface area contributed by atoms with Crippen molar-refractivity contribution in [1.29, 1.82) is 0 Å². The monoisotopic (exact) mass is 462 g/mol. The van der Waals surface area contributed by atoms with Crippen molar-refractivity contribution in [2.75, 3.05) is 53.0 Å². The molecule has 0 atom stereocenters. The molecule has 1 heterocycles. The zero-order chi connectivity index (χ0) is 16.8. The lowest BCUT2D eigenvalue weighted by Crippen LogP contribution is -2.45. The Morgan fingerprint density at radius 2 is 2.04 bits per heavy atom. The van der Waals surface area contributed by atoms with Gasteiger partial charge < -0.3 is 15.4 Å². The third-order valence-electron chi connectivity index (χ3n) is 4.93. The second kappa shape index (κ2) is 9.68. The van der Waals surface area contributed by atoms with Gasteiger partial charge in [-0.2, -0.15) is 0 Å². The molecule has 25 heavy (non-hydrogen) atoms. The van der Waals surface area contributed by atoms with Gasteiger partial charge >= 0.3 is 0 Å². The van der Waals surface area contributed by atoms with Gasteiger partial charge in [-0.15, -0.1) is 24.0 Å². The number of nitrogens with one attached hydrogen (secondary N) is 2.